The van der Waals surface area contributed by atoms with Crippen molar-refractivity contribution in [2.75, 3.05) is 0 Å². The molecule has 1 aromatic rings. The number of aryl methyl sites for hydroxylation is 1. The molecule has 118 valence electrons. The molecule has 4 heteroatoms. The number of amides is 1. The van der Waals surface area contributed by atoms with Gasteiger partial charge in [-0.3, -0.25) is 4.79 Å². The van der Waals surface area contributed by atoms with Crippen LogP contribution in [0.15, 0.2) is 4.52 Å². The minimum Gasteiger partial charge on any atom is -0.360 e. The molecule has 22 heavy (non-hydrogen) atoms. The second kappa shape index (κ2) is 4.59. The van der Waals surface area contributed by atoms with Gasteiger partial charge in [0, 0.05) is 17.5 Å². The summed E-state index contributed by atoms with van der Waals surface area (Å²) in [6, 6.07) is 0. The summed E-state index contributed by atoms with van der Waals surface area (Å²) in [5, 5.41) is 7.52. The molecule has 4 nitrogen and oxygen atoms in total. The van der Waals surface area contributed by atoms with E-state index in [1.54, 1.807) is 0 Å². The Hall–Kier alpha value is -1.32. The van der Waals surface area contributed by atoms with Crippen molar-refractivity contribution in [3.63, 3.8) is 0 Å². The van der Waals surface area contributed by atoms with Crippen molar-refractivity contribution in [1.82, 2.24) is 10.5 Å². The highest BCUT2D eigenvalue weighted by Crippen LogP contribution is 2.55. The number of carbonyl (C=O) groups excluding carboxylic acids is 1. The average Bonchev–Trinajstić information content (AvgIpc) is 2.89. The smallest absolute Gasteiger partial charge is 0.274 e. The molecule has 0 aliphatic heterocycles. The number of carbonyl (C=O) groups is 1. The quantitative estimate of drug-likeness (QED) is 0.912. The first-order valence-electron chi connectivity index (χ1n) is 9.01. The molecule has 1 aromatic heterocycles. The number of hydrogen-bond donors (Lipinski definition) is 1. The number of fused-ring (bicyclic) bond motifs is 1. The summed E-state index contributed by atoms with van der Waals surface area (Å²) in [6.07, 6.45) is 11.9. The summed E-state index contributed by atoms with van der Waals surface area (Å²) >= 11 is 0. The van der Waals surface area contributed by atoms with Crippen molar-refractivity contribution in [1.29, 1.82) is 0 Å². The third-order valence-corrected chi connectivity index (χ3v) is 6.58. The second-order valence-electron chi connectivity index (χ2n) is 8.29. The molecular weight excluding hydrogens is 276 g/mol. The minimum atomic E-state index is 0.0221. The van der Waals surface area contributed by atoms with Crippen LogP contribution in [0.2, 0.25) is 0 Å². The van der Waals surface area contributed by atoms with Crippen molar-refractivity contribution in [2.45, 2.75) is 69.7 Å². The van der Waals surface area contributed by atoms with Crippen molar-refractivity contribution < 1.29 is 9.32 Å². The lowest BCUT2D eigenvalue weighted by molar-refractivity contribution is -0.0168. The Bertz CT molecular complexity index is 583. The van der Waals surface area contributed by atoms with Gasteiger partial charge in [-0.25, -0.2) is 0 Å². The molecular formula is C18H24N2O2. The predicted molar refractivity (Wildman–Crippen MR) is 81.5 cm³/mol. The first kappa shape index (κ1) is 13.1. The third kappa shape index (κ3) is 1.95. The largest absolute Gasteiger partial charge is 0.360 e. The summed E-state index contributed by atoms with van der Waals surface area (Å²) in [5.41, 5.74) is 1.71. The molecule has 0 spiro atoms. The van der Waals surface area contributed by atoms with E-state index in [1.807, 2.05) is 0 Å². The Morgan fingerprint density at radius 2 is 1.68 bits per heavy atom. The number of nitrogens with zero attached hydrogens (tertiary/aromatic N) is 1. The van der Waals surface area contributed by atoms with Crippen LogP contribution in [0.3, 0.4) is 0 Å². The molecule has 1 N–H and O–H groups in total. The maximum absolute atomic E-state index is 12.8. The van der Waals surface area contributed by atoms with E-state index in [-0.39, 0.29) is 11.4 Å². The van der Waals surface area contributed by atoms with E-state index in [2.05, 4.69) is 10.5 Å². The molecule has 4 bridgehead atoms. The molecule has 0 aromatic carbocycles. The van der Waals surface area contributed by atoms with E-state index in [0.29, 0.717) is 5.69 Å². The molecule has 0 unspecified atom stereocenters. The normalized spacial score (nSPS) is 38.8. The maximum atomic E-state index is 12.8. The van der Waals surface area contributed by atoms with Crippen LogP contribution in [0.1, 0.15) is 73.2 Å². The van der Waals surface area contributed by atoms with E-state index < -0.39 is 0 Å². The maximum Gasteiger partial charge on any atom is 0.274 e. The zero-order chi connectivity index (χ0) is 14.7. The average molecular weight is 300 g/mol. The fourth-order valence-electron chi connectivity index (χ4n) is 6.13. The van der Waals surface area contributed by atoms with E-state index in [0.717, 1.165) is 54.8 Å². The van der Waals surface area contributed by atoms with Crippen LogP contribution in [0.25, 0.3) is 0 Å². The van der Waals surface area contributed by atoms with Gasteiger partial charge in [-0.2, -0.15) is 0 Å². The van der Waals surface area contributed by atoms with Gasteiger partial charge in [0.15, 0.2) is 5.69 Å². The molecule has 6 rings (SSSR count). The highest BCUT2D eigenvalue weighted by molar-refractivity contribution is 5.94. The topological polar surface area (TPSA) is 55.1 Å². The number of nitrogens with one attached hydrogen (secondary N) is 1. The summed E-state index contributed by atoms with van der Waals surface area (Å²) in [7, 11) is 0. The van der Waals surface area contributed by atoms with E-state index in [9.17, 15) is 4.79 Å². The second-order valence-corrected chi connectivity index (χ2v) is 8.29. The van der Waals surface area contributed by atoms with Gasteiger partial charge < -0.3 is 9.84 Å². The predicted octanol–water partition coefficient (Wildman–Crippen LogP) is 3.25. The lowest BCUT2D eigenvalue weighted by Crippen LogP contribution is -2.60. The molecule has 5 aliphatic carbocycles. The summed E-state index contributed by atoms with van der Waals surface area (Å²) in [6.45, 7) is 0. The van der Waals surface area contributed by atoms with Gasteiger partial charge in [-0.15, -0.1) is 0 Å². The van der Waals surface area contributed by atoms with Gasteiger partial charge in [-0.1, -0.05) is 5.16 Å². The van der Waals surface area contributed by atoms with Crippen LogP contribution >= 0.6 is 0 Å². The Morgan fingerprint density at radius 3 is 2.36 bits per heavy atom. The molecule has 5 aliphatic rings. The van der Waals surface area contributed by atoms with Crippen LogP contribution in [0.4, 0.5) is 0 Å². The van der Waals surface area contributed by atoms with Crippen LogP contribution in [-0.2, 0) is 12.8 Å². The van der Waals surface area contributed by atoms with Crippen molar-refractivity contribution >= 4 is 5.91 Å². The fraction of sp³-hybridized carbons (Fsp3) is 0.778. The number of hydrogen-bond acceptors (Lipinski definition) is 3. The van der Waals surface area contributed by atoms with Crippen molar-refractivity contribution in [2.24, 2.45) is 17.8 Å². The summed E-state index contributed by atoms with van der Waals surface area (Å²) in [5.74, 6) is 3.50. The summed E-state index contributed by atoms with van der Waals surface area (Å²) in [4.78, 5) is 12.8. The standard InChI is InChI=1S/C18H24N2O2/c21-17(16-14-3-1-2-4-15(14)22-20-16)19-18-8-11-5-12(9-18)7-13(6-11)10-18/h11-13H,1-10H2,(H,19,21). The van der Waals surface area contributed by atoms with Crippen molar-refractivity contribution in [3.05, 3.63) is 17.0 Å². The highest BCUT2D eigenvalue weighted by atomic mass is 16.5. The first-order chi connectivity index (χ1) is 10.7. The molecule has 1 heterocycles. The van der Waals surface area contributed by atoms with E-state index >= 15 is 0 Å². The van der Waals surface area contributed by atoms with Crippen LogP contribution in [0.5, 0.6) is 0 Å². The SMILES string of the molecule is O=C(NC12CC3CC(CC(C3)C1)C2)c1noc2c1CCCC2. The van der Waals surface area contributed by atoms with Crippen LogP contribution in [0, 0.1) is 17.8 Å². The number of aromatic nitrogens is 1. The zero-order valence-corrected chi connectivity index (χ0v) is 13.1. The Morgan fingerprint density at radius 1 is 1.05 bits per heavy atom. The highest BCUT2D eigenvalue weighted by Gasteiger charge is 2.51. The lowest BCUT2D eigenvalue weighted by Gasteiger charge is -2.56. The van der Waals surface area contributed by atoms with Gasteiger partial charge in [0.1, 0.15) is 5.76 Å². The van der Waals surface area contributed by atoms with Gasteiger partial charge in [0.25, 0.3) is 5.91 Å². The number of rotatable bonds is 2. The first-order valence-corrected chi connectivity index (χ1v) is 9.01. The molecule has 1 amide bonds. The van der Waals surface area contributed by atoms with E-state index in [4.69, 9.17) is 4.52 Å². The van der Waals surface area contributed by atoms with Crippen molar-refractivity contribution in [3.8, 4) is 0 Å². The van der Waals surface area contributed by atoms with Gasteiger partial charge in [0.05, 0.1) is 0 Å². The van der Waals surface area contributed by atoms with Gasteiger partial charge in [0.2, 0.25) is 0 Å². The molecule has 4 fully saturated rings. The van der Waals surface area contributed by atoms with Crippen LogP contribution < -0.4 is 5.32 Å². The minimum absolute atomic E-state index is 0.0221. The molecule has 0 radical (unpaired) electrons. The molecule has 0 saturated heterocycles. The van der Waals surface area contributed by atoms with E-state index in [1.165, 1.54) is 38.5 Å². The Kier molecular flexibility index (Phi) is 2.74. The monoisotopic (exact) mass is 300 g/mol. The van der Waals surface area contributed by atoms with Crippen LogP contribution in [-0.4, -0.2) is 16.6 Å². The lowest BCUT2D eigenvalue weighted by atomic mass is 9.53. The molecule has 0 atom stereocenters. The fourth-order valence-corrected chi connectivity index (χ4v) is 6.13. The zero-order valence-electron chi connectivity index (χ0n) is 13.1. The third-order valence-electron chi connectivity index (χ3n) is 6.58. The molecule has 4 saturated carbocycles. The Labute approximate surface area is 131 Å². The Balaban J connectivity index is 1.40. The summed E-state index contributed by atoms with van der Waals surface area (Å²) < 4.78 is 5.42. The van der Waals surface area contributed by atoms with Gasteiger partial charge in [-0.05, 0) is 75.5 Å². The van der Waals surface area contributed by atoms with Gasteiger partial charge >= 0.3 is 0 Å².